The molecule has 0 bridgehead atoms. The molecule has 140 valence electrons. The summed E-state index contributed by atoms with van der Waals surface area (Å²) >= 11 is 3.39. The predicted molar refractivity (Wildman–Crippen MR) is 107 cm³/mol. The van der Waals surface area contributed by atoms with Crippen molar-refractivity contribution in [1.29, 1.82) is 0 Å². The lowest BCUT2D eigenvalue weighted by Crippen LogP contribution is -2.29. The first kappa shape index (κ1) is 18.2. The molecule has 1 saturated heterocycles. The average Bonchev–Trinajstić information content (AvgIpc) is 3.24. The Morgan fingerprint density at radius 1 is 1.11 bits per heavy atom. The van der Waals surface area contributed by atoms with Crippen LogP contribution in [0.25, 0.3) is 5.76 Å². The Labute approximate surface area is 169 Å². The van der Waals surface area contributed by atoms with Crippen molar-refractivity contribution in [3.63, 3.8) is 0 Å². The summed E-state index contributed by atoms with van der Waals surface area (Å²) in [5.74, 6) is -1.03. The third kappa shape index (κ3) is 3.03. The highest BCUT2D eigenvalue weighted by atomic mass is 79.9. The van der Waals surface area contributed by atoms with Crippen LogP contribution in [0, 0.1) is 6.92 Å². The summed E-state index contributed by atoms with van der Waals surface area (Å²) in [5.41, 5.74) is 1.14. The van der Waals surface area contributed by atoms with Crippen molar-refractivity contribution in [2.45, 2.75) is 13.0 Å². The highest BCUT2D eigenvalue weighted by molar-refractivity contribution is 9.10. The second-order valence-corrected chi connectivity index (χ2v) is 7.30. The van der Waals surface area contributed by atoms with E-state index in [1.54, 1.807) is 55.5 Å². The number of carbonyl (C=O) groups excluding carboxylic acids is 2. The van der Waals surface area contributed by atoms with Crippen LogP contribution in [0.1, 0.15) is 22.9 Å². The zero-order chi connectivity index (χ0) is 19.8. The Morgan fingerprint density at radius 3 is 2.39 bits per heavy atom. The zero-order valence-corrected chi connectivity index (χ0v) is 16.4. The summed E-state index contributed by atoms with van der Waals surface area (Å²) in [4.78, 5) is 27.0. The number of rotatable bonds is 3. The number of ketones is 1. The van der Waals surface area contributed by atoms with Gasteiger partial charge < -0.3 is 9.63 Å². The van der Waals surface area contributed by atoms with Crippen LogP contribution in [0.4, 0.5) is 5.82 Å². The molecule has 0 spiro atoms. The Hall–Kier alpha value is -3.19. The lowest BCUT2D eigenvalue weighted by atomic mass is 9.95. The number of aliphatic hydroxyl groups is 1. The van der Waals surface area contributed by atoms with Crippen molar-refractivity contribution in [2.75, 3.05) is 4.90 Å². The first-order chi connectivity index (χ1) is 13.5. The van der Waals surface area contributed by atoms with Gasteiger partial charge in [0.05, 0.1) is 11.6 Å². The van der Waals surface area contributed by atoms with Crippen molar-refractivity contribution < 1.29 is 19.2 Å². The van der Waals surface area contributed by atoms with E-state index in [-0.39, 0.29) is 17.2 Å². The number of benzene rings is 2. The van der Waals surface area contributed by atoms with Crippen molar-refractivity contribution >= 4 is 39.2 Å². The molecule has 6 nitrogen and oxygen atoms in total. The third-order valence-corrected chi connectivity index (χ3v) is 5.07. The average molecular weight is 439 g/mol. The topological polar surface area (TPSA) is 83.6 Å². The molecule has 4 rings (SSSR count). The summed E-state index contributed by atoms with van der Waals surface area (Å²) in [7, 11) is 0. The van der Waals surface area contributed by atoms with Gasteiger partial charge in [-0.3, -0.25) is 14.5 Å². The molecule has 7 heteroatoms. The number of aromatic nitrogens is 1. The summed E-state index contributed by atoms with van der Waals surface area (Å²) < 4.78 is 5.96. The van der Waals surface area contributed by atoms with Gasteiger partial charge in [0, 0.05) is 16.1 Å². The number of amides is 1. The largest absolute Gasteiger partial charge is 0.507 e. The van der Waals surface area contributed by atoms with Crippen molar-refractivity contribution in [3.8, 4) is 0 Å². The molecule has 1 N–H and O–H groups in total. The molecule has 0 radical (unpaired) electrons. The van der Waals surface area contributed by atoms with Crippen LogP contribution >= 0.6 is 15.9 Å². The predicted octanol–water partition coefficient (Wildman–Crippen LogP) is 4.37. The van der Waals surface area contributed by atoms with Crippen molar-refractivity contribution in [1.82, 2.24) is 5.16 Å². The number of Topliss-reactive ketones (excluding diaryl/α,β-unsaturated/α-hetero) is 1. The smallest absolute Gasteiger partial charge is 0.301 e. The summed E-state index contributed by atoms with van der Waals surface area (Å²) in [6.45, 7) is 1.70. The number of halogens is 1. The minimum Gasteiger partial charge on any atom is -0.507 e. The van der Waals surface area contributed by atoms with E-state index in [0.29, 0.717) is 16.9 Å². The maximum Gasteiger partial charge on any atom is 0.301 e. The van der Waals surface area contributed by atoms with E-state index in [1.165, 1.54) is 4.90 Å². The fourth-order valence-corrected chi connectivity index (χ4v) is 3.51. The van der Waals surface area contributed by atoms with Crippen LogP contribution in [-0.4, -0.2) is 22.0 Å². The number of aryl methyl sites for hydroxylation is 1. The molecule has 3 aromatic rings. The zero-order valence-electron chi connectivity index (χ0n) is 14.8. The maximum atomic E-state index is 12.9. The van der Waals surface area contributed by atoms with Gasteiger partial charge in [0.2, 0.25) is 0 Å². The van der Waals surface area contributed by atoms with Crippen LogP contribution in [0.15, 0.2) is 75.2 Å². The Bertz CT molecular complexity index is 1090. The van der Waals surface area contributed by atoms with E-state index in [2.05, 4.69) is 21.1 Å². The molecule has 1 amide bonds. The molecule has 28 heavy (non-hydrogen) atoms. The van der Waals surface area contributed by atoms with E-state index in [4.69, 9.17) is 4.52 Å². The first-order valence-corrected chi connectivity index (χ1v) is 9.32. The van der Waals surface area contributed by atoms with Gasteiger partial charge in [0.25, 0.3) is 5.78 Å². The van der Waals surface area contributed by atoms with Gasteiger partial charge in [-0.05, 0) is 24.6 Å². The second kappa shape index (κ2) is 7.09. The van der Waals surface area contributed by atoms with Crippen LogP contribution in [-0.2, 0) is 9.59 Å². The molecule has 0 saturated carbocycles. The summed E-state index contributed by atoms with van der Waals surface area (Å²) in [6, 6.07) is 16.6. The normalized spacial score (nSPS) is 18.6. The molecule has 1 aliphatic rings. The van der Waals surface area contributed by atoms with Crippen molar-refractivity contribution in [2.24, 2.45) is 0 Å². The fraction of sp³-hybridized carbons (Fsp3) is 0.0952. The highest BCUT2D eigenvalue weighted by Crippen LogP contribution is 2.42. The molecule has 1 aliphatic heterocycles. The van der Waals surface area contributed by atoms with E-state index in [0.717, 1.165) is 4.47 Å². The molecule has 2 heterocycles. The Kier molecular flexibility index (Phi) is 4.60. The van der Waals surface area contributed by atoms with E-state index in [9.17, 15) is 14.7 Å². The van der Waals surface area contributed by atoms with Crippen LogP contribution in [0.5, 0.6) is 0 Å². The molecule has 1 atom stereocenters. The Balaban J connectivity index is 1.94. The van der Waals surface area contributed by atoms with E-state index >= 15 is 0 Å². The van der Waals surface area contributed by atoms with Gasteiger partial charge in [0.1, 0.15) is 11.5 Å². The molecular weight excluding hydrogens is 424 g/mol. The van der Waals surface area contributed by atoms with Gasteiger partial charge in [-0.25, -0.2) is 0 Å². The standard InChI is InChI=1S/C21H15BrN2O4/c1-12-11-16(23-28-12)24-18(13-7-9-15(22)10-8-13)17(20(26)21(24)27)19(25)14-5-3-2-4-6-14/h2-11,18,25H,1H3/b19-17-. The Morgan fingerprint density at radius 2 is 1.79 bits per heavy atom. The van der Waals surface area contributed by atoms with Crippen LogP contribution in [0.3, 0.4) is 0 Å². The number of carbonyl (C=O) groups is 2. The van der Waals surface area contributed by atoms with Crippen LogP contribution < -0.4 is 4.90 Å². The molecular formula is C21H15BrN2O4. The first-order valence-electron chi connectivity index (χ1n) is 8.52. The summed E-state index contributed by atoms with van der Waals surface area (Å²) in [6.07, 6.45) is 0. The minimum atomic E-state index is -0.821. The monoisotopic (exact) mass is 438 g/mol. The molecule has 0 aliphatic carbocycles. The quantitative estimate of drug-likeness (QED) is 0.372. The van der Waals surface area contributed by atoms with Gasteiger partial charge in [0.15, 0.2) is 5.82 Å². The second-order valence-electron chi connectivity index (χ2n) is 6.38. The lowest BCUT2D eigenvalue weighted by molar-refractivity contribution is -0.132. The highest BCUT2D eigenvalue weighted by Gasteiger charge is 2.48. The fourth-order valence-electron chi connectivity index (χ4n) is 3.25. The van der Waals surface area contributed by atoms with Gasteiger partial charge in [-0.1, -0.05) is 63.6 Å². The van der Waals surface area contributed by atoms with Gasteiger partial charge in [-0.2, -0.15) is 0 Å². The minimum absolute atomic E-state index is 0.0131. The van der Waals surface area contributed by atoms with Gasteiger partial charge >= 0.3 is 5.91 Å². The number of hydrogen-bond donors (Lipinski definition) is 1. The number of hydrogen-bond acceptors (Lipinski definition) is 5. The lowest BCUT2D eigenvalue weighted by Gasteiger charge is -2.22. The van der Waals surface area contributed by atoms with E-state index < -0.39 is 17.7 Å². The number of aliphatic hydroxyl groups excluding tert-OH is 1. The SMILES string of the molecule is Cc1cc(N2C(=O)C(=O)/C(=C(\O)c3ccccc3)C2c2ccc(Br)cc2)no1. The van der Waals surface area contributed by atoms with Crippen LogP contribution in [0.2, 0.25) is 0 Å². The molecule has 1 aromatic heterocycles. The third-order valence-electron chi connectivity index (χ3n) is 4.54. The van der Waals surface area contributed by atoms with Crippen molar-refractivity contribution in [3.05, 3.63) is 87.6 Å². The summed E-state index contributed by atoms with van der Waals surface area (Å²) in [5, 5.41) is 14.8. The number of nitrogens with zero attached hydrogens (tertiary/aromatic N) is 2. The van der Waals surface area contributed by atoms with E-state index in [1.807, 2.05) is 12.1 Å². The van der Waals surface area contributed by atoms with Gasteiger partial charge in [-0.15, -0.1) is 0 Å². The number of anilines is 1. The molecule has 2 aromatic carbocycles. The maximum absolute atomic E-state index is 12.9. The molecule has 1 fully saturated rings. The molecule has 1 unspecified atom stereocenters.